The van der Waals surface area contributed by atoms with Crippen molar-refractivity contribution in [2.75, 3.05) is 26.7 Å². The van der Waals surface area contributed by atoms with Crippen LogP contribution in [0.25, 0.3) is 0 Å². The number of rotatable bonds is 4. The van der Waals surface area contributed by atoms with Crippen LogP contribution in [0.4, 0.5) is 0 Å². The maximum atomic E-state index is 2.41. The Morgan fingerprint density at radius 3 is 2.40 bits per heavy atom. The molecule has 0 unspecified atom stereocenters. The van der Waals surface area contributed by atoms with Crippen LogP contribution < -0.4 is 0 Å². The normalized spacial score (nSPS) is 19.3. The Hall–Kier alpha value is -0.820. The largest absolute Gasteiger partial charge is 0.326 e. The quantitative estimate of drug-likeness (QED) is 0.662. The zero-order chi connectivity index (χ0) is 10.6. The van der Waals surface area contributed by atoms with Crippen LogP contribution >= 0.6 is 0 Å². The van der Waals surface area contributed by atoms with Crippen molar-refractivity contribution in [3.63, 3.8) is 0 Å². The first-order valence-corrected chi connectivity index (χ1v) is 6.16. The molecule has 0 aromatic heterocycles. The average Bonchev–Trinajstić information content (AvgIpc) is 2.67. The smallest absolute Gasteiger partial charge is 0.0787 e. The minimum Gasteiger partial charge on any atom is -0.326 e. The maximum Gasteiger partial charge on any atom is 0.0787 e. The van der Waals surface area contributed by atoms with Gasteiger partial charge < -0.3 is 4.48 Å². The van der Waals surface area contributed by atoms with Gasteiger partial charge in [0.2, 0.25) is 0 Å². The van der Waals surface area contributed by atoms with Crippen molar-refractivity contribution >= 4 is 0 Å². The van der Waals surface area contributed by atoms with Crippen LogP contribution in [0.15, 0.2) is 30.3 Å². The predicted octanol–water partition coefficient (Wildman–Crippen LogP) is 2.86. The number of quaternary nitrogens is 1. The predicted molar refractivity (Wildman–Crippen MR) is 64.8 cm³/mol. The lowest BCUT2D eigenvalue weighted by molar-refractivity contribution is -0.897. The van der Waals surface area contributed by atoms with Gasteiger partial charge >= 0.3 is 0 Å². The van der Waals surface area contributed by atoms with Gasteiger partial charge in [0, 0.05) is 19.3 Å². The molecule has 1 heteroatoms. The Morgan fingerprint density at radius 1 is 1.07 bits per heavy atom. The molecule has 1 aliphatic heterocycles. The summed E-state index contributed by atoms with van der Waals surface area (Å²) in [7, 11) is 2.41. The molecular formula is C14H22N+. The summed E-state index contributed by atoms with van der Waals surface area (Å²) in [4.78, 5) is 0. The molecule has 1 aliphatic rings. The molecule has 1 saturated heterocycles. The molecule has 1 heterocycles. The minimum absolute atomic E-state index is 1.24. The average molecular weight is 204 g/mol. The highest BCUT2D eigenvalue weighted by molar-refractivity contribution is 5.14. The van der Waals surface area contributed by atoms with Crippen molar-refractivity contribution in [3.05, 3.63) is 35.9 Å². The Balaban J connectivity index is 1.75. The number of nitrogens with zero attached hydrogens (tertiary/aromatic N) is 1. The van der Waals surface area contributed by atoms with Gasteiger partial charge in [-0.15, -0.1) is 0 Å². The number of hydrogen-bond acceptors (Lipinski definition) is 0. The van der Waals surface area contributed by atoms with Gasteiger partial charge in [-0.05, 0) is 12.0 Å². The number of aryl methyl sites for hydroxylation is 1. The first kappa shape index (κ1) is 10.7. The van der Waals surface area contributed by atoms with E-state index in [1.54, 1.807) is 0 Å². The van der Waals surface area contributed by atoms with E-state index < -0.39 is 0 Å². The lowest BCUT2D eigenvalue weighted by Gasteiger charge is -2.29. The Morgan fingerprint density at radius 2 is 1.73 bits per heavy atom. The van der Waals surface area contributed by atoms with E-state index in [1.165, 1.54) is 55.4 Å². The third-order valence-corrected chi connectivity index (χ3v) is 3.65. The highest BCUT2D eigenvalue weighted by Crippen LogP contribution is 2.17. The second-order valence-electron chi connectivity index (χ2n) is 5.09. The zero-order valence-corrected chi connectivity index (χ0v) is 9.78. The zero-order valence-electron chi connectivity index (χ0n) is 9.78. The molecule has 0 atom stereocenters. The highest BCUT2D eigenvalue weighted by Gasteiger charge is 2.25. The van der Waals surface area contributed by atoms with E-state index in [9.17, 15) is 0 Å². The molecule has 0 N–H and O–H groups in total. The Kier molecular flexibility index (Phi) is 3.42. The fourth-order valence-corrected chi connectivity index (χ4v) is 2.63. The van der Waals surface area contributed by atoms with Crippen LogP contribution in [0.5, 0.6) is 0 Å². The van der Waals surface area contributed by atoms with Crippen LogP contribution in [-0.4, -0.2) is 31.2 Å². The van der Waals surface area contributed by atoms with Crippen molar-refractivity contribution < 1.29 is 4.48 Å². The maximum absolute atomic E-state index is 2.41. The van der Waals surface area contributed by atoms with Crippen molar-refractivity contribution in [2.24, 2.45) is 0 Å². The van der Waals surface area contributed by atoms with Crippen LogP contribution in [0.3, 0.4) is 0 Å². The summed E-state index contributed by atoms with van der Waals surface area (Å²) >= 11 is 0. The molecule has 0 radical (unpaired) electrons. The van der Waals surface area contributed by atoms with Gasteiger partial charge in [0.1, 0.15) is 0 Å². The second-order valence-corrected chi connectivity index (χ2v) is 5.09. The summed E-state index contributed by atoms with van der Waals surface area (Å²) in [6, 6.07) is 10.9. The summed E-state index contributed by atoms with van der Waals surface area (Å²) in [6.45, 7) is 4.15. The van der Waals surface area contributed by atoms with Crippen LogP contribution in [0, 0.1) is 0 Å². The fraction of sp³-hybridized carbons (Fsp3) is 0.571. The third-order valence-electron chi connectivity index (χ3n) is 3.65. The molecule has 1 aromatic rings. The molecule has 0 bridgehead atoms. The standard InChI is InChI=1S/C14H22N/c1-15(11-5-6-12-15)13-7-10-14-8-3-2-4-9-14/h2-4,8-9H,5-7,10-13H2,1H3/q+1. The van der Waals surface area contributed by atoms with E-state index in [-0.39, 0.29) is 0 Å². The molecule has 1 aromatic carbocycles. The molecule has 2 rings (SSSR count). The van der Waals surface area contributed by atoms with Gasteiger partial charge in [0.05, 0.1) is 26.7 Å². The van der Waals surface area contributed by atoms with Crippen molar-refractivity contribution in [2.45, 2.75) is 25.7 Å². The van der Waals surface area contributed by atoms with Gasteiger partial charge in [-0.25, -0.2) is 0 Å². The highest BCUT2D eigenvalue weighted by atomic mass is 15.3. The Bertz CT molecular complexity index is 285. The molecule has 0 spiro atoms. The molecule has 82 valence electrons. The number of likely N-dealkylation sites (tertiary alicyclic amines) is 1. The molecule has 15 heavy (non-hydrogen) atoms. The van der Waals surface area contributed by atoms with Crippen molar-refractivity contribution in [3.8, 4) is 0 Å². The monoisotopic (exact) mass is 204 g/mol. The topological polar surface area (TPSA) is 0 Å². The molecule has 0 aliphatic carbocycles. The summed E-state index contributed by atoms with van der Waals surface area (Å²) in [6.07, 6.45) is 5.44. The molecule has 1 fully saturated rings. The molecular weight excluding hydrogens is 182 g/mol. The Labute approximate surface area is 93.3 Å². The van der Waals surface area contributed by atoms with Gasteiger partial charge in [-0.1, -0.05) is 30.3 Å². The van der Waals surface area contributed by atoms with E-state index in [1.807, 2.05) is 0 Å². The number of benzene rings is 1. The lowest BCUT2D eigenvalue weighted by Crippen LogP contribution is -2.41. The molecule has 1 nitrogen and oxygen atoms in total. The van der Waals surface area contributed by atoms with Gasteiger partial charge in [0.25, 0.3) is 0 Å². The van der Waals surface area contributed by atoms with Crippen molar-refractivity contribution in [1.82, 2.24) is 0 Å². The van der Waals surface area contributed by atoms with Crippen molar-refractivity contribution in [1.29, 1.82) is 0 Å². The van der Waals surface area contributed by atoms with E-state index >= 15 is 0 Å². The van der Waals surface area contributed by atoms with Crippen LogP contribution in [0.2, 0.25) is 0 Å². The van der Waals surface area contributed by atoms with Gasteiger partial charge in [-0.3, -0.25) is 0 Å². The second kappa shape index (κ2) is 4.80. The third kappa shape index (κ3) is 3.07. The first-order valence-electron chi connectivity index (χ1n) is 6.16. The summed E-state index contributed by atoms with van der Waals surface area (Å²) in [5.74, 6) is 0. The first-order chi connectivity index (χ1) is 7.29. The summed E-state index contributed by atoms with van der Waals surface area (Å²) in [5, 5.41) is 0. The van der Waals surface area contributed by atoms with E-state index in [0.29, 0.717) is 0 Å². The molecule has 0 saturated carbocycles. The minimum atomic E-state index is 1.24. The lowest BCUT2D eigenvalue weighted by atomic mass is 10.1. The van der Waals surface area contributed by atoms with Crippen LogP contribution in [0.1, 0.15) is 24.8 Å². The fourth-order valence-electron chi connectivity index (χ4n) is 2.63. The van der Waals surface area contributed by atoms with E-state index in [2.05, 4.69) is 37.4 Å². The van der Waals surface area contributed by atoms with Gasteiger partial charge in [0.15, 0.2) is 0 Å². The van der Waals surface area contributed by atoms with Crippen LogP contribution in [-0.2, 0) is 6.42 Å². The SMILES string of the molecule is C[N+]1(CCCc2ccccc2)CCCC1. The van der Waals surface area contributed by atoms with E-state index in [4.69, 9.17) is 0 Å². The number of hydrogen-bond donors (Lipinski definition) is 0. The van der Waals surface area contributed by atoms with Gasteiger partial charge in [-0.2, -0.15) is 0 Å². The van der Waals surface area contributed by atoms with E-state index in [0.717, 1.165) is 0 Å². The molecule has 0 amide bonds. The summed E-state index contributed by atoms with van der Waals surface area (Å²) < 4.78 is 1.31. The summed E-state index contributed by atoms with van der Waals surface area (Å²) in [5.41, 5.74) is 1.49.